The van der Waals surface area contributed by atoms with Crippen molar-refractivity contribution >= 4 is 5.69 Å². The van der Waals surface area contributed by atoms with Gasteiger partial charge in [-0.2, -0.15) is 0 Å². The summed E-state index contributed by atoms with van der Waals surface area (Å²) in [5, 5.41) is 3.64. The fourth-order valence-corrected chi connectivity index (χ4v) is 3.08. The molecule has 3 aliphatic heterocycles. The van der Waals surface area contributed by atoms with E-state index in [4.69, 9.17) is 4.74 Å². The van der Waals surface area contributed by atoms with E-state index in [0.717, 1.165) is 24.0 Å². The van der Waals surface area contributed by atoms with Crippen molar-refractivity contribution in [3.05, 3.63) is 18.3 Å². The number of rotatable bonds is 4. The number of nitrogens with zero attached hydrogens (tertiary/aromatic N) is 2. The first-order valence-electron chi connectivity index (χ1n) is 6.93. The molecule has 4 rings (SSSR count). The third-order valence-electron chi connectivity index (χ3n) is 4.05. The summed E-state index contributed by atoms with van der Waals surface area (Å²) in [6, 6.07) is 4.58. The normalized spacial score (nSPS) is 30.2. The number of hydrogen-bond donors (Lipinski definition) is 1. The van der Waals surface area contributed by atoms with Crippen LogP contribution in [0.3, 0.4) is 0 Å². The summed E-state index contributed by atoms with van der Waals surface area (Å²) in [7, 11) is 0. The van der Waals surface area contributed by atoms with Crippen LogP contribution in [0.2, 0.25) is 0 Å². The van der Waals surface area contributed by atoms with Crippen LogP contribution in [0, 0.1) is 5.92 Å². The van der Waals surface area contributed by atoms with Crippen LogP contribution in [0.4, 0.5) is 5.69 Å². The van der Waals surface area contributed by atoms with Crippen molar-refractivity contribution in [3.8, 4) is 5.88 Å². The summed E-state index contributed by atoms with van der Waals surface area (Å²) in [5.41, 5.74) is 1.04. The molecule has 0 aromatic carbocycles. The van der Waals surface area contributed by atoms with Gasteiger partial charge >= 0.3 is 0 Å². The van der Waals surface area contributed by atoms with Crippen LogP contribution in [0.15, 0.2) is 18.3 Å². The highest BCUT2D eigenvalue weighted by molar-refractivity contribution is 5.53. The maximum atomic E-state index is 5.57. The molecule has 4 nitrogen and oxygen atoms in total. The lowest BCUT2D eigenvalue weighted by Crippen LogP contribution is -2.53. The highest BCUT2D eigenvalue weighted by atomic mass is 16.5. The molecular formula is C14H21N3O. The van der Waals surface area contributed by atoms with E-state index in [2.05, 4.69) is 21.3 Å². The van der Waals surface area contributed by atoms with Crippen LogP contribution in [0.5, 0.6) is 5.88 Å². The van der Waals surface area contributed by atoms with Crippen LogP contribution < -0.4 is 10.1 Å². The van der Waals surface area contributed by atoms with Crippen molar-refractivity contribution in [2.24, 2.45) is 5.92 Å². The monoisotopic (exact) mass is 247 g/mol. The van der Waals surface area contributed by atoms with E-state index in [1.807, 2.05) is 13.0 Å². The number of fused-ring (bicyclic) bond motifs is 3. The molecule has 1 unspecified atom stereocenters. The van der Waals surface area contributed by atoms with E-state index in [1.165, 1.54) is 25.9 Å². The molecule has 4 heteroatoms. The summed E-state index contributed by atoms with van der Waals surface area (Å²) in [6.45, 7) is 6.35. The molecule has 1 aromatic rings. The number of pyridine rings is 1. The fraction of sp³-hybridized carbons (Fsp3) is 0.643. The zero-order valence-corrected chi connectivity index (χ0v) is 10.9. The Bertz CT molecular complexity index is 402. The maximum absolute atomic E-state index is 5.57. The molecule has 0 spiro atoms. The Hall–Kier alpha value is -1.29. The molecule has 1 atom stereocenters. The summed E-state index contributed by atoms with van der Waals surface area (Å²) in [6.07, 6.45) is 4.43. The minimum absolute atomic E-state index is 0.552. The van der Waals surface area contributed by atoms with Crippen molar-refractivity contribution < 1.29 is 4.74 Å². The minimum Gasteiger partial charge on any atom is -0.476 e. The van der Waals surface area contributed by atoms with Gasteiger partial charge in [0.1, 0.15) is 0 Å². The first-order chi connectivity index (χ1) is 8.86. The van der Waals surface area contributed by atoms with Crippen molar-refractivity contribution in [1.29, 1.82) is 0 Å². The van der Waals surface area contributed by atoms with Gasteiger partial charge in [0.2, 0.25) is 5.88 Å². The first-order valence-corrected chi connectivity index (χ1v) is 6.93. The molecule has 0 radical (unpaired) electrons. The molecule has 1 aromatic heterocycles. The molecule has 0 aliphatic carbocycles. The Morgan fingerprint density at radius 2 is 2.28 bits per heavy atom. The van der Waals surface area contributed by atoms with Crippen molar-refractivity contribution in [1.82, 2.24) is 9.88 Å². The van der Waals surface area contributed by atoms with E-state index in [9.17, 15) is 0 Å². The molecule has 4 heterocycles. The number of ether oxygens (including phenoxy) is 1. The van der Waals surface area contributed by atoms with Crippen LogP contribution in [-0.4, -0.2) is 42.2 Å². The smallest absolute Gasteiger partial charge is 0.237 e. The number of nitrogens with one attached hydrogen (secondary N) is 1. The Labute approximate surface area is 108 Å². The van der Waals surface area contributed by atoms with Gasteiger partial charge in [0, 0.05) is 18.8 Å². The molecular weight excluding hydrogens is 226 g/mol. The van der Waals surface area contributed by atoms with Crippen molar-refractivity contribution in [2.45, 2.75) is 25.8 Å². The number of hydrogen-bond acceptors (Lipinski definition) is 4. The molecule has 2 bridgehead atoms. The van der Waals surface area contributed by atoms with Gasteiger partial charge in [-0.1, -0.05) is 0 Å². The lowest BCUT2D eigenvalue weighted by atomic mass is 9.84. The number of aromatic nitrogens is 1. The van der Waals surface area contributed by atoms with Gasteiger partial charge in [0.25, 0.3) is 0 Å². The van der Waals surface area contributed by atoms with E-state index in [-0.39, 0.29) is 0 Å². The van der Waals surface area contributed by atoms with Crippen LogP contribution in [-0.2, 0) is 0 Å². The molecule has 0 saturated carbocycles. The Balaban J connectivity index is 1.72. The predicted molar refractivity (Wildman–Crippen MR) is 72.0 cm³/mol. The fourth-order valence-electron chi connectivity index (χ4n) is 3.08. The summed E-state index contributed by atoms with van der Waals surface area (Å²) >= 11 is 0. The molecule has 0 amide bonds. The van der Waals surface area contributed by atoms with E-state index in [1.54, 1.807) is 6.20 Å². The second-order valence-electron chi connectivity index (χ2n) is 5.18. The second kappa shape index (κ2) is 5.14. The standard InChI is InChI=1S/C14H21N3O/c1-2-18-14-12(4-3-7-15-14)16-13-10-17-8-5-11(13)6-9-17/h3-4,7,11,13,16H,2,5-6,8-10H2,1H3. The van der Waals surface area contributed by atoms with Gasteiger partial charge in [0.15, 0.2) is 0 Å². The third-order valence-corrected chi connectivity index (χ3v) is 4.05. The highest BCUT2D eigenvalue weighted by Crippen LogP contribution is 2.31. The third kappa shape index (κ3) is 2.29. The highest BCUT2D eigenvalue weighted by Gasteiger charge is 2.34. The van der Waals surface area contributed by atoms with Gasteiger partial charge < -0.3 is 15.0 Å². The second-order valence-corrected chi connectivity index (χ2v) is 5.18. The van der Waals surface area contributed by atoms with Crippen LogP contribution in [0.25, 0.3) is 0 Å². The zero-order valence-electron chi connectivity index (χ0n) is 10.9. The Morgan fingerprint density at radius 1 is 1.44 bits per heavy atom. The largest absolute Gasteiger partial charge is 0.476 e. The molecule has 18 heavy (non-hydrogen) atoms. The van der Waals surface area contributed by atoms with Gasteiger partial charge in [-0.05, 0) is 50.9 Å². The SMILES string of the molecule is CCOc1ncccc1NC1CN2CCC1CC2. The molecule has 98 valence electrons. The molecule has 1 N–H and O–H groups in total. The Morgan fingerprint density at radius 3 is 2.94 bits per heavy atom. The van der Waals surface area contributed by atoms with Crippen molar-refractivity contribution in [3.63, 3.8) is 0 Å². The minimum atomic E-state index is 0.552. The summed E-state index contributed by atoms with van der Waals surface area (Å²) < 4.78 is 5.57. The lowest BCUT2D eigenvalue weighted by Gasteiger charge is -2.45. The van der Waals surface area contributed by atoms with Gasteiger partial charge in [-0.25, -0.2) is 4.98 Å². The van der Waals surface area contributed by atoms with Gasteiger partial charge in [-0.3, -0.25) is 0 Å². The molecule has 3 aliphatic rings. The van der Waals surface area contributed by atoms with Gasteiger partial charge in [0.05, 0.1) is 12.3 Å². The predicted octanol–water partition coefficient (Wildman–Crippen LogP) is 1.99. The average molecular weight is 247 g/mol. The zero-order chi connectivity index (χ0) is 12.4. The van der Waals surface area contributed by atoms with Crippen LogP contribution >= 0.6 is 0 Å². The molecule has 3 saturated heterocycles. The van der Waals surface area contributed by atoms with Crippen molar-refractivity contribution in [2.75, 3.05) is 31.6 Å². The quantitative estimate of drug-likeness (QED) is 0.883. The molecule has 3 fully saturated rings. The van der Waals surface area contributed by atoms with E-state index in [0.29, 0.717) is 12.6 Å². The number of piperidine rings is 3. The first kappa shape index (κ1) is 11.8. The van der Waals surface area contributed by atoms with E-state index >= 15 is 0 Å². The van der Waals surface area contributed by atoms with Gasteiger partial charge in [-0.15, -0.1) is 0 Å². The summed E-state index contributed by atoms with van der Waals surface area (Å²) in [4.78, 5) is 6.85. The Kier molecular flexibility index (Phi) is 3.37. The number of anilines is 1. The lowest BCUT2D eigenvalue weighted by molar-refractivity contribution is 0.0973. The summed E-state index contributed by atoms with van der Waals surface area (Å²) in [5.74, 6) is 1.54. The topological polar surface area (TPSA) is 37.4 Å². The average Bonchev–Trinajstić information content (AvgIpc) is 2.43. The van der Waals surface area contributed by atoms with E-state index < -0.39 is 0 Å². The van der Waals surface area contributed by atoms with Crippen LogP contribution in [0.1, 0.15) is 19.8 Å². The maximum Gasteiger partial charge on any atom is 0.237 e.